The summed E-state index contributed by atoms with van der Waals surface area (Å²) in [4.78, 5) is 24.5. The number of benzene rings is 2. The molecule has 2 N–H and O–H groups in total. The second kappa shape index (κ2) is 13.1. The molecule has 2 rings (SSSR count). The largest absolute Gasteiger partial charge is 0.447 e. The van der Waals surface area contributed by atoms with Crippen molar-refractivity contribution in [1.82, 2.24) is 10.6 Å². The fourth-order valence-electron chi connectivity index (χ4n) is 3.56. The predicted molar refractivity (Wildman–Crippen MR) is 148 cm³/mol. The lowest BCUT2D eigenvalue weighted by Crippen LogP contribution is -2.41. The average Bonchev–Trinajstić information content (AvgIpc) is 2.83. The third kappa shape index (κ3) is 9.42. The van der Waals surface area contributed by atoms with E-state index in [1.54, 1.807) is 0 Å². The second-order valence-electron chi connectivity index (χ2n) is 10.1. The Kier molecular flexibility index (Phi) is 10.5. The van der Waals surface area contributed by atoms with Gasteiger partial charge in [-0.05, 0) is 75.9 Å². The molecule has 0 heterocycles. The van der Waals surface area contributed by atoms with E-state index in [2.05, 4.69) is 23.8 Å². The predicted octanol–water partition coefficient (Wildman–Crippen LogP) is 6.39. The van der Waals surface area contributed by atoms with E-state index in [1.165, 1.54) is 0 Å². The number of carbonyl (C=O) groups excluding carboxylic acids is 2. The van der Waals surface area contributed by atoms with Crippen LogP contribution in [0.25, 0.3) is 11.1 Å². The van der Waals surface area contributed by atoms with Gasteiger partial charge in [-0.1, -0.05) is 60.7 Å². The van der Waals surface area contributed by atoms with Gasteiger partial charge in [-0.3, -0.25) is 0 Å². The molecule has 7 nitrogen and oxygen atoms in total. The lowest BCUT2D eigenvalue weighted by Gasteiger charge is -2.27. The summed E-state index contributed by atoms with van der Waals surface area (Å²) in [7, 11) is 0. The maximum Gasteiger partial charge on any atom is 0.407 e. The topological polar surface area (TPSA) is 85.9 Å². The van der Waals surface area contributed by atoms with Crippen LogP contribution in [0.1, 0.15) is 63.8 Å². The van der Waals surface area contributed by atoms with Crippen LogP contribution in [0.3, 0.4) is 0 Å². The van der Waals surface area contributed by atoms with E-state index < -0.39 is 23.3 Å². The molecule has 2 aromatic rings. The Labute approximate surface area is 220 Å². The van der Waals surface area contributed by atoms with E-state index in [0.29, 0.717) is 0 Å². The molecule has 200 valence electrons. The maximum absolute atomic E-state index is 12.2. The van der Waals surface area contributed by atoms with Crippen molar-refractivity contribution in [3.8, 4) is 0 Å². The highest BCUT2D eigenvalue weighted by Gasteiger charge is 2.25. The Hall–Kier alpha value is -3.58. The van der Waals surface area contributed by atoms with Crippen LogP contribution < -0.4 is 10.6 Å². The van der Waals surface area contributed by atoms with Crippen LogP contribution in [0.5, 0.6) is 0 Å². The first kappa shape index (κ1) is 29.6. The van der Waals surface area contributed by atoms with Gasteiger partial charge in [-0.2, -0.15) is 0 Å². The van der Waals surface area contributed by atoms with Crippen molar-refractivity contribution >= 4 is 23.3 Å². The number of nitrogens with one attached hydrogen (secondary N) is 2. The molecular weight excluding hydrogens is 468 g/mol. The summed E-state index contributed by atoms with van der Waals surface area (Å²) >= 11 is 0. The van der Waals surface area contributed by atoms with Crippen LogP contribution in [-0.4, -0.2) is 38.6 Å². The van der Waals surface area contributed by atoms with Crippen LogP contribution in [0.15, 0.2) is 61.7 Å². The Morgan fingerprint density at radius 2 is 1.08 bits per heavy atom. The molecule has 7 heteroatoms. The van der Waals surface area contributed by atoms with Gasteiger partial charge < -0.3 is 24.8 Å². The van der Waals surface area contributed by atoms with Crippen molar-refractivity contribution in [3.05, 3.63) is 83.9 Å². The lowest BCUT2D eigenvalue weighted by atomic mass is 9.92. The van der Waals surface area contributed by atoms with Gasteiger partial charge in [0, 0.05) is 0 Å². The van der Waals surface area contributed by atoms with Crippen molar-refractivity contribution in [2.45, 2.75) is 52.6 Å². The molecule has 0 spiro atoms. The van der Waals surface area contributed by atoms with Gasteiger partial charge in [-0.15, -0.1) is 0 Å². The number of hydrogen-bond acceptors (Lipinski definition) is 5. The van der Waals surface area contributed by atoms with E-state index in [1.807, 2.05) is 90.1 Å². The quantitative estimate of drug-likeness (QED) is 0.324. The molecular formula is C30H40N2O5. The van der Waals surface area contributed by atoms with Crippen molar-refractivity contribution in [2.24, 2.45) is 0 Å². The van der Waals surface area contributed by atoms with Crippen LogP contribution in [0.2, 0.25) is 0 Å². The molecule has 0 saturated heterocycles. The summed E-state index contributed by atoms with van der Waals surface area (Å²) in [5.41, 5.74) is 4.60. The Morgan fingerprint density at radius 3 is 1.43 bits per heavy atom. The van der Waals surface area contributed by atoms with E-state index in [4.69, 9.17) is 14.2 Å². The van der Waals surface area contributed by atoms with Crippen LogP contribution in [0, 0.1) is 0 Å². The summed E-state index contributed by atoms with van der Waals surface area (Å²) < 4.78 is 15.9. The number of allylic oxidation sites excluding steroid dienone is 2. The van der Waals surface area contributed by atoms with E-state index in [0.717, 1.165) is 33.4 Å². The van der Waals surface area contributed by atoms with Crippen LogP contribution in [-0.2, 0) is 25.3 Å². The van der Waals surface area contributed by atoms with Gasteiger partial charge in [0.15, 0.2) is 0 Å². The molecule has 0 radical (unpaired) electrons. The number of carbonyl (C=O) groups is 2. The molecule has 0 aliphatic carbocycles. The molecule has 37 heavy (non-hydrogen) atoms. The SMILES string of the molecule is C=C(C)c1cccc(C(C)(C)NC(=O)OCCOCCOC(=O)NC(C)(C)c2cccc(C(=C)C)c2)c1. The van der Waals surface area contributed by atoms with Crippen molar-refractivity contribution in [2.75, 3.05) is 26.4 Å². The molecule has 0 aliphatic heterocycles. The minimum atomic E-state index is -0.621. The fourth-order valence-corrected chi connectivity index (χ4v) is 3.56. The number of alkyl carbamates (subject to hydrolysis) is 2. The van der Waals surface area contributed by atoms with E-state index >= 15 is 0 Å². The number of ether oxygens (including phenoxy) is 3. The lowest BCUT2D eigenvalue weighted by molar-refractivity contribution is 0.0427. The minimum absolute atomic E-state index is 0.0754. The monoisotopic (exact) mass is 508 g/mol. The summed E-state index contributed by atoms with van der Waals surface area (Å²) in [6.07, 6.45) is -1.08. The molecule has 0 aliphatic rings. The summed E-state index contributed by atoms with van der Waals surface area (Å²) in [5, 5.41) is 5.74. The number of amides is 2. The fraction of sp³-hybridized carbons (Fsp3) is 0.400. The summed E-state index contributed by atoms with van der Waals surface area (Å²) in [6.45, 7) is 20.0. The first-order valence-corrected chi connectivity index (χ1v) is 12.3. The number of hydrogen-bond donors (Lipinski definition) is 2. The average molecular weight is 509 g/mol. The molecule has 0 aromatic heterocycles. The van der Waals surface area contributed by atoms with Crippen molar-refractivity contribution in [1.29, 1.82) is 0 Å². The zero-order chi connectivity index (χ0) is 27.6. The smallest absolute Gasteiger partial charge is 0.407 e. The highest BCUT2D eigenvalue weighted by atomic mass is 16.6. The zero-order valence-electron chi connectivity index (χ0n) is 22.9. The highest BCUT2D eigenvalue weighted by molar-refractivity contribution is 5.70. The number of rotatable bonds is 12. The molecule has 2 amide bonds. The van der Waals surface area contributed by atoms with Crippen LogP contribution >= 0.6 is 0 Å². The first-order valence-electron chi connectivity index (χ1n) is 12.3. The molecule has 0 fully saturated rings. The molecule has 0 atom stereocenters. The van der Waals surface area contributed by atoms with Gasteiger partial charge in [0.1, 0.15) is 13.2 Å². The highest BCUT2D eigenvalue weighted by Crippen LogP contribution is 2.24. The minimum Gasteiger partial charge on any atom is -0.447 e. The van der Waals surface area contributed by atoms with Crippen molar-refractivity contribution < 1.29 is 23.8 Å². The van der Waals surface area contributed by atoms with Gasteiger partial charge in [0.05, 0.1) is 24.3 Å². The van der Waals surface area contributed by atoms with Gasteiger partial charge in [0.2, 0.25) is 0 Å². The summed E-state index contributed by atoms with van der Waals surface area (Å²) in [5.74, 6) is 0. The third-order valence-corrected chi connectivity index (χ3v) is 5.90. The normalized spacial score (nSPS) is 11.4. The second-order valence-corrected chi connectivity index (χ2v) is 10.1. The zero-order valence-corrected chi connectivity index (χ0v) is 22.9. The summed E-state index contributed by atoms with van der Waals surface area (Å²) in [6, 6.07) is 15.7. The van der Waals surface area contributed by atoms with Gasteiger partial charge >= 0.3 is 12.2 Å². The Morgan fingerprint density at radius 1 is 0.703 bits per heavy atom. The van der Waals surface area contributed by atoms with E-state index in [-0.39, 0.29) is 26.4 Å². The van der Waals surface area contributed by atoms with Gasteiger partial charge in [0.25, 0.3) is 0 Å². The van der Waals surface area contributed by atoms with E-state index in [9.17, 15) is 9.59 Å². The van der Waals surface area contributed by atoms with Crippen LogP contribution in [0.4, 0.5) is 9.59 Å². The first-order chi connectivity index (χ1) is 17.3. The molecule has 2 aromatic carbocycles. The standard InChI is InChI=1S/C30H40N2O5/c1-21(2)23-11-9-13-25(19-23)29(5,6)31-27(33)36-17-15-35-16-18-37-28(34)32-30(7,8)26-14-10-12-24(20-26)22(3)4/h9-14,19-20H,1,3,15-18H2,2,4-8H3,(H,31,33)(H,32,34). The Bertz CT molecular complexity index is 1030. The molecule has 0 unspecified atom stereocenters. The van der Waals surface area contributed by atoms with Gasteiger partial charge in [-0.25, -0.2) is 9.59 Å². The molecule has 0 bridgehead atoms. The van der Waals surface area contributed by atoms with Crippen molar-refractivity contribution in [3.63, 3.8) is 0 Å². The molecule has 0 saturated carbocycles. The third-order valence-electron chi connectivity index (χ3n) is 5.90. The maximum atomic E-state index is 12.2. The Balaban J connectivity index is 1.67.